The summed E-state index contributed by atoms with van der Waals surface area (Å²) in [4.78, 5) is 28.2. The number of hydrogen-bond acceptors (Lipinski definition) is 4. The zero-order valence-corrected chi connectivity index (χ0v) is 16.5. The predicted molar refractivity (Wildman–Crippen MR) is 113 cm³/mol. The van der Waals surface area contributed by atoms with Crippen molar-refractivity contribution in [3.05, 3.63) is 74.4 Å². The van der Waals surface area contributed by atoms with Gasteiger partial charge in [-0.15, -0.1) is 0 Å². The first-order valence-electron chi connectivity index (χ1n) is 10.3. The van der Waals surface area contributed by atoms with E-state index in [0.717, 1.165) is 31.6 Å². The van der Waals surface area contributed by atoms with E-state index in [-0.39, 0.29) is 17.3 Å². The average molecular weight is 391 g/mol. The third-order valence-electron chi connectivity index (χ3n) is 6.65. The number of hydrogen-bond donors (Lipinski definition) is 2. The molecule has 1 unspecified atom stereocenters. The Balaban J connectivity index is 1.44. The quantitative estimate of drug-likeness (QED) is 0.716. The molecule has 2 aromatic carbocycles. The highest BCUT2D eigenvalue weighted by atomic mass is 16.5. The lowest BCUT2D eigenvalue weighted by atomic mass is 9.73. The molecule has 150 valence electrons. The van der Waals surface area contributed by atoms with Crippen LogP contribution in [0.25, 0.3) is 10.9 Å². The lowest BCUT2D eigenvalue weighted by Crippen LogP contribution is -2.38. The van der Waals surface area contributed by atoms with E-state index in [4.69, 9.17) is 4.74 Å². The van der Waals surface area contributed by atoms with Crippen molar-refractivity contribution in [2.45, 2.75) is 37.8 Å². The van der Waals surface area contributed by atoms with Crippen LogP contribution < -0.4 is 21.3 Å². The lowest BCUT2D eigenvalue weighted by Gasteiger charge is -2.32. The van der Waals surface area contributed by atoms with E-state index in [2.05, 4.69) is 22.4 Å². The van der Waals surface area contributed by atoms with Crippen molar-refractivity contribution in [1.82, 2.24) is 14.9 Å². The highest BCUT2D eigenvalue weighted by Gasteiger charge is 2.40. The first-order chi connectivity index (χ1) is 14.2. The normalized spacial score (nSPS) is 23.0. The third kappa shape index (κ3) is 2.99. The molecule has 1 aliphatic heterocycles. The lowest BCUT2D eigenvalue weighted by molar-refractivity contribution is 0.371. The maximum Gasteiger partial charge on any atom is 0.328 e. The van der Waals surface area contributed by atoms with Crippen molar-refractivity contribution < 1.29 is 4.74 Å². The number of ether oxygens (including phenoxy) is 1. The summed E-state index contributed by atoms with van der Waals surface area (Å²) in [5, 5.41) is 4.21. The van der Waals surface area contributed by atoms with Gasteiger partial charge in [0, 0.05) is 18.5 Å². The average Bonchev–Trinajstić information content (AvgIpc) is 3.16. The molecular formula is C23H25N3O3. The summed E-state index contributed by atoms with van der Waals surface area (Å²) in [6, 6.07) is 13.7. The number of H-pyrrole nitrogens is 1. The van der Waals surface area contributed by atoms with Gasteiger partial charge in [-0.1, -0.05) is 24.3 Å². The van der Waals surface area contributed by atoms with Gasteiger partial charge in [0.05, 0.1) is 18.0 Å². The largest absolute Gasteiger partial charge is 0.496 e. The van der Waals surface area contributed by atoms with Gasteiger partial charge < -0.3 is 15.0 Å². The molecule has 2 heterocycles. The molecule has 2 aliphatic rings. The Morgan fingerprint density at radius 2 is 2.00 bits per heavy atom. The summed E-state index contributed by atoms with van der Waals surface area (Å²) < 4.78 is 6.93. The molecule has 0 radical (unpaired) electrons. The fourth-order valence-electron chi connectivity index (χ4n) is 5.27. The van der Waals surface area contributed by atoms with Crippen molar-refractivity contribution in [2.24, 2.45) is 5.92 Å². The minimum atomic E-state index is -0.339. The van der Waals surface area contributed by atoms with Gasteiger partial charge in [-0.25, -0.2) is 4.79 Å². The second-order valence-electron chi connectivity index (χ2n) is 8.09. The number of fused-ring (bicyclic) bond motifs is 4. The number of aromatic amines is 1. The first kappa shape index (κ1) is 18.2. The van der Waals surface area contributed by atoms with Crippen molar-refractivity contribution in [3.63, 3.8) is 0 Å². The van der Waals surface area contributed by atoms with Gasteiger partial charge in [0.1, 0.15) is 5.75 Å². The molecule has 0 bridgehead atoms. The van der Waals surface area contributed by atoms with Gasteiger partial charge in [-0.2, -0.15) is 0 Å². The van der Waals surface area contributed by atoms with Crippen LogP contribution in [0, 0.1) is 5.92 Å². The molecule has 6 nitrogen and oxygen atoms in total. The van der Waals surface area contributed by atoms with Crippen LogP contribution in [0.3, 0.4) is 0 Å². The van der Waals surface area contributed by atoms with Gasteiger partial charge in [-0.05, 0) is 61.1 Å². The highest BCUT2D eigenvalue weighted by molar-refractivity contribution is 5.76. The molecule has 3 atom stereocenters. The molecule has 1 fully saturated rings. The molecule has 6 heteroatoms. The highest BCUT2D eigenvalue weighted by Crippen LogP contribution is 2.45. The summed E-state index contributed by atoms with van der Waals surface area (Å²) in [5.74, 6) is 1.95. The van der Waals surface area contributed by atoms with Crippen LogP contribution >= 0.6 is 0 Å². The Labute approximate surface area is 168 Å². The van der Waals surface area contributed by atoms with Crippen molar-refractivity contribution in [2.75, 3.05) is 13.7 Å². The third-order valence-corrected chi connectivity index (χ3v) is 6.65. The predicted octanol–water partition coefficient (Wildman–Crippen LogP) is 2.41. The number of nitrogens with one attached hydrogen (secondary N) is 2. The number of para-hydroxylation sites is 1. The molecular weight excluding hydrogens is 366 g/mol. The van der Waals surface area contributed by atoms with Crippen molar-refractivity contribution >= 4 is 10.9 Å². The van der Waals surface area contributed by atoms with E-state index in [1.165, 1.54) is 15.7 Å². The van der Waals surface area contributed by atoms with Crippen LogP contribution in [-0.4, -0.2) is 29.2 Å². The maximum absolute atomic E-state index is 12.8. The summed E-state index contributed by atoms with van der Waals surface area (Å²) >= 11 is 0. The van der Waals surface area contributed by atoms with E-state index < -0.39 is 0 Å². The van der Waals surface area contributed by atoms with Gasteiger partial charge in [0.15, 0.2) is 0 Å². The smallest absolute Gasteiger partial charge is 0.328 e. The van der Waals surface area contributed by atoms with E-state index in [0.29, 0.717) is 29.3 Å². The molecule has 5 rings (SSSR count). The fraction of sp³-hybridized carbons (Fsp3) is 0.391. The van der Waals surface area contributed by atoms with E-state index in [1.807, 2.05) is 18.2 Å². The molecule has 3 aromatic rings. The standard InChI is InChI=1S/C23H25N3O3/c1-29-20-8-4-6-16-15(20)10-9-14-13-24-19(21(14)16)11-12-26-22(27)17-5-2-3-7-18(17)25-23(26)28/h2-8,14,19,21,24H,9-13H2,1H3,(H,25,28)/t14-,19?,21+/m0/s1. The summed E-state index contributed by atoms with van der Waals surface area (Å²) in [6.07, 6.45) is 2.91. The van der Waals surface area contributed by atoms with Gasteiger partial charge in [-0.3, -0.25) is 9.36 Å². The van der Waals surface area contributed by atoms with Crippen molar-refractivity contribution in [3.8, 4) is 5.75 Å². The Hall–Kier alpha value is -2.86. The number of methoxy groups -OCH3 is 1. The monoisotopic (exact) mass is 391 g/mol. The van der Waals surface area contributed by atoms with Gasteiger partial charge in [0.25, 0.3) is 5.56 Å². The summed E-state index contributed by atoms with van der Waals surface area (Å²) in [7, 11) is 1.73. The molecule has 1 saturated heterocycles. The molecule has 0 spiro atoms. The first-order valence-corrected chi connectivity index (χ1v) is 10.3. The Kier molecular flexibility index (Phi) is 4.51. The number of benzene rings is 2. The summed E-state index contributed by atoms with van der Waals surface area (Å²) in [6.45, 7) is 1.38. The second kappa shape index (κ2) is 7.19. The number of aromatic nitrogens is 2. The minimum Gasteiger partial charge on any atom is -0.496 e. The van der Waals surface area contributed by atoms with Crippen LogP contribution in [0.5, 0.6) is 5.75 Å². The number of rotatable bonds is 4. The van der Waals surface area contributed by atoms with E-state index in [1.54, 1.807) is 19.2 Å². The maximum atomic E-state index is 12.8. The van der Waals surface area contributed by atoms with Crippen LogP contribution in [0.1, 0.15) is 29.9 Å². The van der Waals surface area contributed by atoms with Crippen LogP contribution in [0.4, 0.5) is 0 Å². The minimum absolute atomic E-state index is 0.218. The zero-order chi connectivity index (χ0) is 20.0. The Bertz CT molecular complexity index is 1180. The number of nitrogens with zero attached hydrogens (tertiary/aromatic N) is 1. The topological polar surface area (TPSA) is 76.1 Å². The molecule has 29 heavy (non-hydrogen) atoms. The SMILES string of the molecule is COc1cccc2c1CC[C@H]1CNC(CCn3c(=O)[nH]c4ccccc4c3=O)[C@@H]21. The Morgan fingerprint density at radius 1 is 1.14 bits per heavy atom. The van der Waals surface area contributed by atoms with Gasteiger partial charge in [0.2, 0.25) is 0 Å². The Morgan fingerprint density at radius 3 is 2.86 bits per heavy atom. The molecule has 2 N–H and O–H groups in total. The van der Waals surface area contributed by atoms with Crippen molar-refractivity contribution in [1.29, 1.82) is 0 Å². The summed E-state index contributed by atoms with van der Waals surface area (Å²) in [5.41, 5.74) is 2.70. The molecule has 1 aliphatic carbocycles. The molecule has 0 saturated carbocycles. The van der Waals surface area contributed by atoms with E-state index >= 15 is 0 Å². The van der Waals surface area contributed by atoms with Gasteiger partial charge >= 0.3 is 5.69 Å². The van der Waals surface area contributed by atoms with E-state index in [9.17, 15) is 9.59 Å². The fourth-order valence-corrected chi connectivity index (χ4v) is 5.27. The van der Waals surface area contributed by atoms with Crippen LogP contribution in [0.2, 0.25) is 0 Å². The van der Waals surface area contributed by atoms with Crippen LogP contribution in [0.15, 0.2) is 52.1 Å². The zero-order valence-electron chi connectivity index (χ0n) is 16.5. The molecule has 0 amide bonds. The van der Waals surface area contributed by atoms with Crippen LogP contribution in [-0.2, 0) is 13.0 Å². The molecule has 1 aromatic heterocycles. The second-order valence-corrected chi connectivity index (χ2v) is 8.09.